The fraction of sp³-hybridized carbons (Fsp3) is 0.250. The Hall–Kier alpha value is -2.87. The van der Waals surface area contributed by atoms with E-state index in [1.165, 1.54) is 10.6 Å². The molecular formula is C16H16ClN5O3. The van der Waals surface area contributed by atoms with Crippen LogP contribution in [0.5, 0.6) is 5.75 Å². The molecule has 25 heavy (non-hydrogen) atoms. The number of carbonyl (C=O) groups is 1. The number of rotatable bonds is 6. The number of aromatic amines is 1. The van der Waals surface area contributed by atoms with Crippen LogP contribution >= 0.6 is 11.6 Å². The highest BCUT2D eigenvalue weighted by Crippen LogP contribution is 2.15. The van der Waals surface area contributed by atoms with Crippen LogP contribution in [0.1, 0.15) is 19.0 Å². The SMILES string of the molecule is CCCc1cc(=O)n2[nH]c(NC(=O)COc3ccc(Cl)cc3)nc2n1. The van der Waals surface area contributed by atoms with Crippen LogP contribution in [0.15, 0.2) is 35.1 Å². The number of fused-ring (bicyclic) bond motifs is 1. The van der Waals surface area contributed by atoms with Crippen LogP contribution < -0.4 is 15.6 Å². The number of halogens is 1. The molecule has 0 atom stereocenters. The molecule has 3 rings (SSSR count). The zero-order valence-electron chi connectivity index (χ0n) is 13.5. The average Bonchev–Trinajstić information content (AvgIpc) is 2.97. The number of nitrogens with one attached hydrogen (secondary N) is 2. The molecule has 2 N–H and O–H groups in total. The number of hydrogen-bond donors (Lipinski definition) is 2. The number of aromatic nitrogens is 4. The first-order chi connectivity index (χ1) is 12.0. The highest BCUT2D eigenvalue weighted by atomic mass is 35.5. The summed E-state index contributed by atoms with van der Waals surface area (Å²) in [5.41, 5.74) is 0.391. The van der Waals surface area contributed by atoms with Gasteiger partial charge in [-0.2, -0.15) is 9.50 Å². The van der Waals surface area contributed by atoms with Gasteiger partial charge < -0.3 is 4.74 Å². The normalized spacial score (nSPS) is 10.8. The van der Waals surface area contributed by atoms with Crippen molar-refractivity contribution in [3.05, 3.63) is 51.4 Å². The smallest absolute Gasteiger partial charge is 0.274 e. The molecule has 0 bridgehead atoms. The van der Waals surface area contributed by atoms with Crippen LogP contribution in [0, 0.1) is 0 Å². The summed E-state index contributed by atoms with van der Waals surface area (Å²) in [6.07, 6.45) is 1.56. The van der Waals surface area contributed by atoms with Gasteiger partial charge in [0, 0.05) is 11.1 Å². The molecule has 0 aliphatic heterocycles. The van der Waals surface area contributed by atoms with E-state index in [0.717, 1.165) is 6.42 Å². The Bertz CT molecular complexity index is 949. The van der Waals surface area contributed by atoms with Crippen LogP contribution in [0.2, 0.25) is 5.02 Å². The third kappa shape index (κ3) is 4.16. The van der Waals surface area contributed by atoms with Gasteiger partial charge in [0.25, 0.3) is 17.2 Å². The number of anilines is 1. The Morgan fingerprint density at radius 2 is 2.08 bits per heavy atom. The summed E-state index contributed by atoms with van der Waals surface area (Å²) >= 11 is 5.78. The summed E-state index contributed by atoms with van der Waals surface area (Å²) in [5, 5.41) is 5.81. The average molecular weight is 362 g/mol. The van der Waals surface area contributed by atoms with E-state index >= 15 is 0 Å². The Labute approximate surface area is 147 Å². The topological polar surface area (TPSA) is 101 Å². The minimum absolute atomic E-state index is 0.128. The van der Waals surface area contributed by atoms with E-state index in [0.29, 0.717) is 22.9 Å². The van der Waals surface area contributed by atoms with Crippen LogP contribution in [-0.4, -0.2) is 32.1 Å². The molecule has 3 aromatic rings. The fourth-order valence-corrected chi connectivity index (χ4v) is 2.34. The molecular weight excluding hydrogens is 346 g/mol. The monoisotopic (exact) mass is 361 g/mol. The van der Waals surface area contributed by atoms with Crippen molar-refractivity contribution in [2.45, 2.75) is 19.8 Å². The summed E-state index contributed by atoms with van der Waals surface area (Å²) in [6.45, 7) is 1.79. The molecule has 9 heteroatoms. The molecule has 1 amide bonds. The van der Waals surface area contributed by atoms with Crippen LogP contribution in [0.4, 0.5) is 5.95 Å². The second-order valence-corrected chi connectivity index (χ2v) is 5.77. The summed E-state index contributed by atoms with van der Waals surface area (Å²) in [6, 6.07) is 8.11. The fourth-order valence-electron chi connectivity index (χ4n) is 2.22. The number of amides is 1. The Morgan fingerprint density at radius 3 is 2.80 bits per heavy atom. The number of aryl methyl sites for hydroxylation is 1. The van der Waals surface area contributed by atoms with E-state index in [4.69, 9.17) is 16.3 Å². The molecule has 0 radical (unpaired) electrons. The van der Waals surface area contributed by atoms with Crippen molar-refractivity contribution in [1.82, 2.24) is 19.6 Å². The first-order valence-electron chi connectivity index (χ1n) is 7.72. The standard InChI is InChI=1S/C16H16ClN5O3/c1-2-3-11-8-14(24)22-16(18-11)20-15(21-22)19-13(23)9-25-12-6-4-10(17)5-7-12/h4-8H,2-3,9H2,1H3,(H2,18,19,20,21,23). The van der Waals surface area contributed by atoms with E-state index in [2.05, 4.69) is 20.4 Å². The van der Waals surface area contributed by atoms with Crippen LogP contribution in [0.25, 0.3) is 5.78 Å². The first kappa shape index (κ1) is 17.0. The Balaban J connectivity index is 1.67. The number of hydrogen-bond acceptors (Lipinski definition) is 5. The lowest BCUT2D eigenvalue weighted by Crippen LogP contribution is -2.21. The van der Waals surface area contributed by atoms with Crippen molar-refractivity contribution in [1.29, 1.82) is 0 Å². The van der Waals surface area contributed by atoms with Gasteiger partial charge >= 0.3 is 0 Å². The van der Waals surface area contributed by atoms with Gasteiger partial charge in [-0.3, -0.25) is 20.0 Å². The third-order valence-electron chi connectivity index (χ3n) is 3.33. The third-order valence-corrected chi connectivity index (χ3v) is 3.58. The maximum atomic E-state index is 12.0. The number of benzene rings is 1. The maximum Gasteiger partial charge on any atom is 0.274 e. The second kappa shape index (κ2) is 7.35. The Kier molecular flexibility index (Phi) is 4.99. The molecule has 2 heterocycles. The maximum absolute atomic E-state index is 12.0. The van der Waals surface area contributed by atoms with Crippen molar-refractivity contribution in [3.8, 4) is 5.75 Å². The summed E-state index contributed by atoms with van der Waals surface area (Å²) in [5.74, 6) is 0.440. The predicted molar refractivity (Wildman–Crippen MR) is 93.2 cm³/mol. The predicted octanol–water partition coefficient (Wildman–Crippen LogP) is 2.04. The van der Waals surface area contributed by atoms with E-state index < -0.39 is 5.91 Å². The summed E-state index contributed by atoms with van der Waals surface area (Å²) in [4.78, 5) is 32.4. The minimum Gasteiger partial charge on any atom is -0.484 e. The van der Waals surface area contributed by atoms with E-state index in [-0.39, 0.29) is 23.9 Å². The van der Waals surface area contributed by atoms with Gasteiger partial charge in [-0.25, -0.2) is 4.98 Å². The molecule has 0 saturated heterocycles. The minimum atomic E-state index is -0.421. The van der Waals surface area contributed by atoms with Gasteiger partial charge in [0.15, 0.2) is 6.61 Å². The molecule has 0 unspecified atom stereocenters. The quantitative estimate of drug-likeness (QED) is 0.699. The highest BCUT2D eigenvalue weighted by molar-refractivity contribution is 6.30. The molecule has 0 aliphatic carbocycles. The molecule has 0 fully saturated rings. The van der Waals surface area contributed by atoms with Gasteiger partial charge in [0.05, 0.1) is 5.69 Å². The number of ether oxygens (including phenoxy) is 1. The van der Waals surface area contributed by atoms with Gasteiger partial charge in [0.1, 0.15) is 5.75 Å². The van der Waals surface area contributed by atoms with E-state index in [9.17, 15) is 9.59 Å². The molecule has 0 aliphatic rings. The zero-order valence-corrected chi connectivity index (χ0v) is 14.2. The van der Waals surface area contributed by atoms with E-state index in [1.807, 2.05) is 6.92 Å². The molecule has 0 saturated carbocycles. The molecule has 8 nitrogen and oxygen atoms in total. The Morgan fingerprint density at radius 1 is 1.32 bits per heavy atom. The first-order valence-corrected chi connectivity index (χ1v) is 8.10. The van der Waals surface area contributed by atoms with Crippen molar-refractivity contribution in [2.24, 2.45) is 0 Å². The van der Waals surface area contributed by atoms with E-state index in [1.54, 1.807) is 24.3 Å². The molecule has 130 valence electrons. The zero-order chi connectivity index (χ0) is 17.8. The molecule has 0 spiro atoms. The second-order valence-electron chi connectivity index (χ2n) is 5.33. The van der Waals surface area contributed by atoms with Crippen LogP contribution in [0.3, 0.4) is 0 Å². The lowest BCUT2D eigenvalue weighted by Gasteiger charge is -2.05. The van der Waals surface area contributed by atoms with Crippen molar-refractivity contribution in [2.75, 3.05) is 11.9 Å². The van der Waals surface area contributed by atoms with Crippen molar-refractivity contribution in [3.63, 3.8) is 0 Å². The summed E-state index contributed by atoms with van der Waals surface area (Å²) < 4.78 is 6.52. The van der Waals surface area contributed by atoms with Gasteiger partial charge in [-0.15, -0.1) is 0 Å². The molecule has 2 aromatic heterocycles. The lowest BCUT2D eigenvalue weighted by atomic mass is 10.2. The number of H-pyrrole nitrogens is 1. The number of nitrogens with zero attached hydrogens (tertiary/aromatic N) is 3. The molecule has 1 aromatic carbocycles. The largest absolute Gasteiger partial charge is 0.484 e. The number of carbonyl (C=O) groups excluding carboxylic acids is 1. The lowest BCUT2D eigenvalue weighted by molar-refractivity contribution is -0.118. The van der Waals surface area contributed by atoms with Gasteiger partial charge in [-0.05, 0) is 30.7 Å². The van der Waals surface area contributed by atoms with Crippen LogP contribution in [-0.2, 0) is 11.2 Å². The van der Waals surface area contributed by atoms with Gasteiger partial charge in [-0.1, -0.05) is 24.9 Å². The van der Waals surface area contributed by atoms with Gasteiger partial charge in [0.2, 0.25) is 5.95 Å². The highest BCUT2D eigenvalue weighted by Gasteiger charge is 2.11. The summed E-state index contributed by atoms with van der Waals surface area (Å²) in [7, 11) is 0. The van der Waals surface area contributed by atoms with Crippen molar-refractivity contribution >= 4 is 29.2 Å². The van der Waals surface area contributed by atoms with Crippen molar-refractivity contribution < 1.29 is 9.53 Å².